The summed E-state index contributed by atoms with van der Waals surface area (Å²) in [4.78, 5) is 25.9. The van der Waals surface area contributed by atoms with Crippen LogP contribution in [0, 0.1) is 0 Å². The minimum Gasteiger partial charge on any atom is -0.456 e. The molecular weight excluding hydrogens is 777 g/mol. The van der Waals surface area contributed by atoms with E-state index < -0.39 is 0 Å². The van der Waals surface area contributed by atoms with Crippen molar-refractivity contribution in [2.45, 2.75) is 0 Å². The van der Waals surface area contributed by atoms with Crippen LogP contribution in [0.2, 0.25) is 0 Å². The molecule has 0 saturated heterocycles. The van der Waals surface area contributed by atoms with Crippen molar-refractivity contribution in [1.82, 2.24) is 29.5 Å². The molecule has 5 heterocycles. The van der Waals surface area contributed by atoms with E-state index in [9.17, 15) is 0 Å². The van der Waals surface area contributed by atoms with Gasteiger partial charge in [0.25, 0.3) is 0 Å². The van der Waals surface area contributed by atoms with Crippen molar-refractivity contribution < 1.29 is 8.83 Å². The lowest BCUT2D eigenvalue weighted by Crippen LogP contribution is -2.00. The van der Waals surface area contributed by atoms with Crippen LogP contribution in [0.3, 0.4) is 0 Å². The Labute approximate surface area is 359 Å². The summed E-state index contributed by atoms with van der Waals surface area (Å²) in [5.74, 6) is 2.29. The van der Waals surface area contributed by atoms with Gasteiger partial charge in [0, 0.05) is 60.4 Å². The Morgan fingerprint density at radius 3 is 1.71 bits per heavy atom. The Morgan fingerprint density at radius 2 is 0.937 bits per heavy atom. The van der Waals surface area contributed by atoms with Crippen molar-refractivity contribution in [1.29, 1.82) is 0 Å². The Bertz CT molecular complexity index is 3910. The van der Waals surface area contributed by atoms with Crippen molar-refractivity contribution >= 4 is 65.8 Å². The van der Waals surface area contributed by atoms with Gasteiger partial charge >= 0.3 is 0 Å². The van der Waals surface area contributed by atoms with Crippen LogP contribution < -0.4 is 0 Å². The second kappa shape index (κ2) is 13.9. The van der Waals surface area contributed by atoms with E-state index >= 15 is 0 Å². The molecule has 0 fully saturated rings. The lowest BCUT2D eigenvalue weighted by atomic mass is 10.0. The fourth-order valence-electron chi connectivity index (χ4n) is 8.97. The molecule has 0 unspecified atom stereocenters. The van der Waals surface area contributed by atoms with Gasteiger partial charge in [0.1, 0.15) is 28.0 Å². The first-order valence-corrected chi connectivity index (χ1v) is 20.8. The van der Waals surface area contributed by atoms with E-state index in [0.717, 1.165) is 99.4 Å². The van der Waals surface area contributed by atoms with Crippen LogP contribution in [0.5, 0.6) is 0 Å². The summed E-state index contributed by atoms with van der Waals surface area (Å²) in [6.07, 6.45) is 0. The fraction of sp³-hybridized carbons (Fsp3) is 0. The van der Waals surface area contributed by atoms with Gasteiger partial charge < -0.3 is 13.4 Å². The molecule has 13 rings (SSSR count). The van der Waals surface area contributed by atoms with Gasteiger partial charge in [-0.05, 0) is 72.8 Å². The third-order valence-corrected chi connectivity index (χ3v) is 11.9. The van der Waals surface area contributed by atoms with Crippen LogP contribution in [0.1, 0.15) is 0 Å². The molecule has 0 spiro atoms. The minimum absolute atomic E-state index is 0.549. The number of nitrogens with zero attached hydrogens (tertiary/aromatic N) is 6. The van der Waals surface area contributed by atoms with Crippen molar-refractivity contribution in [3.8, 4) is 62.5 Å². The van der Waals surface area contributed by atoms with Gasteiger partial charge in [-0.15, -0.1) is 0 Å². The highest BCUT2D eigenvalue weighted by molar-refractivity contribution is 6.14. The Kier molecular flexibility index (Phi) is 7.74. The fourth-order valence-corrected chi connectivity index (χ4v) is 8.97. The summed E-state index contributed by atoms with van der Waals surface area (Å²) in [7, 11) is 0. The molecule has 0 bridgehead atoms. The van der Waals surface area contributed by atoms with E-state index in [-0.39, 0.29) is 0 Å². The van der Waals surface area contributed by atoms with Crippen molar-refractivity contribution in [3.05, 3.63) is 194 Å². The van der Waals surface area contributed by atoms with E-state index in [1.807, 2.05) is 115 Å². The highest BCUT2D eigenvalue weighted by atomic mass is 16.3. The van der Waals surface area contributed by atoms with Gasteiger partial charge in [0.05, 0.1) is 11.0 Å². The van der Waals surface area contributed by atoms with Gasteiger partial charge in [0.2, 0.25) is 0 Å². The second-order valence-corrected chi connectivity index (χ2v) is 15.6. The number of hydrogen-bond acceptors (Lipinski definition) is 7. The molecule has 0 N–H and O–H groups in total. The van der Waals surface area contributed by atoms with Crippen molar-refractivity contribution in [2.24, 2.45) is 0 Å². The first-order chi connectivity index (χ1) is 31.2. The van der Waals surface area contributed by atoms with Crippen molar-refractivity contribution in [2.75, 3.05) is 0 Å². The molecule has 0 aliphatic heterocycles. The van der Waals surface area contributed by atoms with Crippen LogP contribution in [0.25, 0.3) is 128 Å². The third-order valence-electron chi connectivity index (χ3n) is 11.9. The molecule has 0 aliphatic rings. The average Bonchev–Trinajstić information content (AvgIpc) is 4.03. The molecule has 63 heavy (non-hydrogen) atoms. The summed E-state index contributed by atoms with van der Waals surface area (Å²) >= 11 is 0. The monoisotopic (exact) mass is 808 g/mol. The van der Waals surface area contributed by atoms with Crippen LogP contribution in [0.15, 0.2) is 203 Å². The highest BCUT2D eigenvalue weighted by Gasteiger charge is 2.22. The molecule has 0 atom stereocenters. The summed E-state index contributed by atoms with van der Waals surface area (Å²) < 4.78 is 15.3. The Hall–Kier alpha value is -8.75. The summed E-state index contributed by atoms with van der Waals surface area (Å²) in [5.41, 5.74) is 12.1. The minimum atomic E-state index is 0.549. The zero-order valence-electron chi connectivity index (χ0n) is 33.5. The normalized spacial score (nSPS) is 11.8. The molecule has 294 valence electrons. The number of benzene rings is 8. The number of furan rings is 2. The third kappa shape index (κ3) is 5.66. The van der Waals surface area contributed by atoms with Gasteiger partial charge in [-0.1, -0.05) is 121 Å². The predicted molar refractivity (Wildman–Crippen MR) is 251 cm³/mol. The molecule has 0 amide bonds. The largest absolute Gasteiger partial charge is 0.456 e. The molecule has 0 radical (unpaired) electrons. The molecule has 8 heteroatoms. The number of rotatable bonds is 6. The Morgan fingerprint density at radius 1 is 0.349 bits per heavy atom. The SMILES string of the molecule is c1ccc(-c2nc(-c3ccc4oc5cccc(-c6nc(-c7ccccc7)c7oc8ccccc8c7n6)c5c4c3)nc(-c3ccc4c(c3)c3ccccc3n4-c3ccccc3)n2)cc1. The van der Waals surface area contributed by atoms with Crippen molar-refractivity contribution in [3.63, 3.8) is 0 Å². The topological polar surface area (TPSA) is 95.7 Å². The molecule has 5 aromatic heterocycles. The maximum absolute atomic E-state index is 6.53. The molecule has 8 nitrogen and oxygen atoms in total. The van der Waals surface area contributed by atoms with E-state index in [4.69, 9.17) is 33.8 Å². The lowest BCUT2D eigenvalue weighted by molar-refractivity contribution is 0.667. The number of hydrogen-bond donors (Lipinski definition) is 0. The Balaban J connectivity index is 1.00. The van der Waals surface area contributed by atoms with E-state index in [1.165, 1.54) is 0 Å². The molecular formula is C55H32N6O2. The first kappa shape index (κ1) is 35.0. The molecule has 0 aliphatic carbocycles. The van der Waals surface area contributed by atoms with Gasteiger partial charge in [0.15, 0.2) is 28.9 Å². The standard InChI is InChI=1S/C55H32N6O2/c1-4-15-33(16-5-1)49-51-50(39-22-11-13-25-45(39)63-51)57-55(56-49)40-23-14-26-47-48(40)42-32-36(28-30-46(42)62-47)54-59-52(34-17-6-2-7-18-34)58-53(60-54)35-27-29-44-41(31-35)38-21-10-12-24-43(38)61(44)37-19-8-3-9-20-37/h1-32H. The first-order valence-electron chi connectivity index (χ1n) is 20.8. The van der Waals surface area contributed by atoms with E-state index in [1.54, 1.807) is 0 Å². The average molecular weight is 809 g/mol. The van der Waals surface area contributed by atoms with Gasteiger partial charge in [-0.25, -0.2) is 24.9 Å². The van der Waals surface area contributed by atoms with Crippen LogP contribution in [-0.2, 0) is 0 Å². The van der Waals surface area contributed by atoms with Crippen LogP contribution in [0.4, 0.5) is 0 Å². The summed E-state index contributed by atoms with van der Waals surface area (Å²) in [6.45, 7) is 0. The number of para-hydroxylation sites is 3. The maximum atomic E-state index is 6.53. The molecule has 0 saturated carbocycles. The highest BCUT2D eigenvalue weighted by Crippen LogP contribution is 2.41. The number of fused-ring (bicyclic) bond motifs is 9. The molecule has 8 aromatic carbocycles. The van der Waals surface area contributed by atoms with E-state index in [2.05, 4.69) is 83.4 Å². The summed E-state index contributed by atoms with van der Waals surface area (Å²) in [6, 6.07) is 65.8. The lowest BCUT2D eigenvalue weighted by Gasteiger charge is -2.10. The quantitative estimate of drug-likeness (QED) is 0.165. The summed E-state index contributed by atoms with van der Waals surface area (Å²) in [5, 5.41) is 5.01. The van der Waals surface area contributed by atoms with Crippen LogP contribution >= 0.6 is 0 Å². The second-order valence-electron chi connectivity index (χ2n) is 15.6. The zero-order valence-corrected chi connectivity index (χ0v) is 33.5. The number of aromatic nitrogens is 6. The molecule has 13 aromatic rings. The predicted octanol–water partition coefficient (Wildman–Crippen LogP) is 13.9. The van der Waals surface area contributed by atoms with Gasteiger partial charge in [-0.3, -0.25) is 0 Å². The van der Waals surface area contributed by atoms with Crippen LogP contribution in [-0.4, -0.2) is 29.5 Å². The van der Waals surface area contributed by atoms with Gasteiger partial charge in [-0.2, -0.15) is 0 Å². The zero-order chi connectivity index (χ0) is 41.4. The van der Waals surface area contributed by atoms with E-state index in [0.29, 0.717) is 28.9 Å². The smallest absolute Gasteiger partial charge is 0.180 e. The maximum Gasteiger partial charge on any atom is 0.180 e.